The van der Waals surface area contributed by atoms with Crippen molar-refractivity contribution in [2.24, 2.45) is 0 Å². The largest absolute Gasteiger partial charge is 0.122 e. The van der Waals surface area contributed by atoms with Crippen LogP contribution in [0.2, 0.25) is 0 Å². The zero-order chi connectivity index (χ0) is 12.4. The van der Waals surface area contributed by atoms with Crippen molar-refractivity contribution in [1.29, 1.82) is 0 Å². The van der Waals surface area contributed by atoms with E-state index in [0.717, 1.165) is 6.42 Å². The van der Waals surface area contributed by atoms with Crippen LogP contribution in [0.15, 0.2) is 54.6 Å². The van der Waals surface area contributed by atoms with Crippen molar-refractivity contribution in [3.63, 3.8) is 0 Å². The van der Waals surface area contributed by atoms with E-state index in [2.05, 4.69) is 54.6 Å². The van der Waals surface area contributed by atoms with Gasteiger partial charge in [-0.15, -0.1) is 11.6 Å². The molecule has 0 bridgehead atoms. The fourth-order valence-corrected chi connectivity index (χ4v) is 3.27. The molecular formula is C17H17Cl. The zero-order valence-corrected chi connectivity index (χ0v) is 11.1. The SMILES string of the molecule is ClC1CCCC1c1ccc(-c2ccccc2)cc1. The van der Waals surface area contributed by atoms with E-state index in [9.17, 15) is 0 Å². The van der Waals surface area contributed by atoms with E-state index in [-0.39, 0.29) is 0 Å². The topological polar surface area (TPSA) is 0 Å². The molecular weight excluding hydrogens is 240 g/mol. The van der Waals surface area contributed by atoms with Crippen molar-refractivity contribution < 1.29 is 0 Å². The van der Waals surface area contributed by atoms with Gasteiger partial charge in [-0.25, -0.2) is 0 Å². The monoisotopic (exact) mass is 256 g/mol. The second-order valence-corrected chi connectivity index (χ2v) is 5.60. The maximum absolute atomic E-state index is 6.37. The lowest BCUT2D eigenvalue weighted by Crippen LogP contribution is -2.04. The van der Waals surface area contributed by atoms with E-state index in [1.807, 2.05) is 0 Å². The van der Waals surface area contributed by atoms with Gasteiger partial charge < -0.3 is 0 Å². The smallest absolute Gasteiger partial charge is 0.0404 e. The van der Waals surface area contributed by atoms with Gasteiger partial charge in [-0.3, -0.25) is 0 Å². The first-order valence-electron chi connectivity index (χ1n) is 6.64. The lowest BCUT2D eigenvalue weighted by molar-refractivity contribution is 0.730. The maximum Gasteiger partial charge on any atom is 0.0404 e. The molecule has 1 aliphatic carbocycles. The predicted octanol–water partition coefficient (Wildman–Crippen LogP) is 5.23. The summed E-state index contributed by atoms with van der Waals surface area (Å²) in [4.78, 5) is 0. The van der Waals surface area contributed by atoms with E-state index in [4.69, 9.17) is 11.6 Å². The van der Waals surface area contributed by atoms with Gasteiger partial charge in [0.05, 0.1) is 0 Å². The Bertz CT molecular complexity index is 501. The van der Waals surface area contributed by atoms with Crippen LogP contribution in [0.1, 0.15) is 30.7 Å². The van der Waals surface area contributed by atoms with Crippen LogP contribution in [-0.2, 0) is 0 Å². The molecule has 0 N–H and O–H groups in total. The third kappa shape index (κ3) is 2.30. The van der Waals surface area contributed by atoms with E-state index >= 15 is 0 Å². The highest BCUT2D eigenvalue weighted by Gasteiger charge is 2.26. The average molecular weight is 257 g/mol. The zero-order valence-electron chi connectivity index (χ0n) is 10.4. The quantitative estimate of drug-likeness (QED) is 0.646. The first-order chi connectivity index (χ1) is 8.84. The Kier molecular flexibility index (Phi) is 3.38. The summed E-state index contributed by atoms with van der Waals surface area (Å²) in [6, 6.07) is 19.4. The third-order valence-electron chi connectivity index (χ3n) is 3.88. The molecule has 2 atom stereocenters. The predicted molar refractivity (Wildman–Crippen MR) is 78.1 cm³/mol. The van der Waals surface area contributed by atoms with Crippen molar-refractivity contribution in [2.75, 3.05) is 0 Å². The molecule has 92 valence electrons. The number of benzene rings is 2. The van der Waals surface area contributed by atoms with Gasteiger partial charge in [-0.2, -0.15) is 0 Å². The summed E-state index contributed by atoms with van der Waals surface area (Å²) >= 11 is 6.37. The molecule has 18 heavy (non-hydrogen) atoms. The summed E-state index contributed by atoms with van der Waals surface area (Å²) in [5.74, 6) is 0.552. The Morgan fingerprint density at radius 1 is 0.778 bits per heavy atom. The number of hydrogen-bond donors (Lipinski definition) is 0. The molecule has 2 unspecified atom stereocenters. The van der Waals surface area contributed by atoms with Gasteiger partial charge in [-0.05, 0) is 29.5 Å². The van der Waals surface area contributed by atoms with Gasteiger partial charge in [0.1, 0.15) is 0 Å². The summed E-state index contributed by atoms with van der Waals surface area (Å²) in [7, 11) is 0. The van der Waals surface area contributed by atoms with Gasteiger partial charge >= 0.3 is 0 Å². The van der Waals surface area contributed by atoms with Crippen molar-refractivity contribution in [3.05, 3.63) is 60.2 Å². The number of rotatable bonds is 2. The van der Waals surface area contributed by atoms with E-state index in [0.29, 0.717) is 11.3 Å². The van der Waals surface area contributed by atoms with Crippen molar-refractivity contribution in [3.8, 4) is 11.1 Å². The molecule has 2 aromatic rings. The standard InChI is InChI=1S/C17H17Cl/c18-17-8-4-7-16(17)15-11-9-14(10-12-15)13-5-2-1-3-6-13/h1-3,5-6,9-12,16-17H,4,7-8H2. The molecule has 3 rings (SSSR count). The van der Waals surface area contributed by atoms with Gasteiger partial charge in [-0.1, -0.05) is 61.0 Å². The van der Waals surface area contributed by atoms with E-state index < -0.39 is 0 Å². The molecule has 0 amide bonds. The van der Waals surface area contributed by atoms with Crippen molar-refractivity contribution in [2.45, 2.75) is 30.6 Å². The molecule has 1 aliphatic rings. The Hall–Kier alpha value is -1.27. The van der Waals surface area contributed by atoms with Crippen LogP contribution in [0.5, 0.6) is 0 Å². The first-order valence-corrected chi connectivity index (χ1v) is 7.08. The highest BCUT2D eigenvalue weighted by molar-refractivity contribution is 6.21. The van der Waals surface area contributed by atoms with E-state index in [1.165, 1.54) is 29.5 Å². The van der Waals surface area contributed by atoms with Crippen molar-refractivity contribution >= 4 is 11.6 Å². The molecule has 0 heterocycles. The van der Waals surface area contributed by atoms with Crippen LogP contribution >= 0.6 is 11.6 Å². The van der Waals surface area contributed by atoms with Gasteiger partial charge in [0.2, 0.25) is 0 Å². The normalized spacial score (nSPS) is 23.2. The van der Waals surface area contributed by atoms with Gasteiger partial charge in [0, 0.05) is 11.3 Å². The summed E-state index contributed by atoms with van der Waals surface area (Å²) in [6.07, 6.45) is 3.66. The molecule has 0 aliphatic heterocycles. The molecule has 2 aromatic carbocycles. The summed E-state index contributed by atoms with van der Waals surface area (Å²) < 4.78 is 0. The van der Waals surface area contributed by atoms with Gasteiger partial charge in [0.15, 0.2) is 0 Å². The number of halogens is 1. The summed E-state index contributed by atoms with van der Waals surface area (Å²) in [6.45, 7) is 0. The molecule has 1 saturated carbocycles. The summed E-state index contributed by atoms with van der Waals surface area (Å²) in [5.41, 5.74) is 3.95. The Morgan fingerprint density at radius 3 is 2.06 bits per heavy atom. The van der Waals surface area contributed by atoms with Crippen LogP contribution in [0.25, 0.3) is 11.1 Å². The van der Waals surface area contributed by atoms with Crippen LogP contribution in [-0.4, -0.2) is 5.38 Å². The van der Waals surface area contributed by atoms with Crippen molar-refractivity contribution in [1.82, 2.24) is 0 Å². The second kappa shape index (κ2) is 5.16. The number of alkyl halides is 1. The fourth-order valence-electron chi connectivity index (χ4n) is 2.84. The van der Waals surface area contributed by atoms with Gasteiger partial charge in [0.25, 0.3) is 0 Å². The third-order valence-corrected chi connectivity index (χ3v) is 4.40. The average Bonchev–Trinajstić information content (AvgIpc) is 2.86. The van der Waals surface area contributed by atoms with E-state index in [1.54, 1.807) is 0 Å². The first kappa shape index (κ1) is 11.8. The van der Waals surface area contributed by atoms with Crippen LogP contribution < -0.4 is 0 Å². The van der Waals surface area contributed by atoms with Crippen LogP contribution in [0, 0.1) is 0 Å². The highest BCUT2D eigenvalue weighted by atomic mass is 35.5. The Labute approximate surface area is 114 Å². The lowest BCUT2D eigenvalue weighted by Gasteiger charge is -2.14. The minimum Gasteiger partial charge on any atom is -0.122 e. The second-order valence-electron chi connectivity index (χ2n) is 5.04. The van der Waals surface area contributed by atoms with Crippen LogP contribution in [0.4, 0.5) is 0 Å². The van der Waals surface area contributed by atoms with Crippen LogP contribution in [0.3, 0.4) is 0 Å². The molecule has 0 aromatic heterocycles. The molecule has 0 saturated heterocycles. The Balaban J connectivity index is 1.85. The maximum atomic E-state index is 6.37. The highest BCUT2D eigenvalue weighted by Crippen LogP contribution is 2.38. The molecule has 0 spiro atoms. The molecule has 1 fully saturated rings. The number of hydrogen-bond acceptors (Lipinski definition) is 0. The lowest BCUT2D eigenvalue weighted by atomic mass is 9.95. The Morgan fingerprint density at radius 2 is 1.44 bits per heavy atom. The molecule has 0 radical (unpaired) electrons. The minimum atomic E-state index is 0.326. The molecule has 0 nitrogen and oxygen atoms in total. The molecule has 1 heteroatoms. The fraction of sp³-hybridized carbons (Fsp3) is 0.294. The minimum absolute atomic E-state index is 0.326. The summed E-state index contributed by atoms with van der Waals surface area (Å²) in [5, 5.41) is 0.326.